The topological polar surface area (TPSA) is 56.2 Å². The molecule has 0 saturated heterocycles. The molecular formula is C30H34ClN3O2. The van der Waals surface area contributed by atoms with Crippen LogP contribution in [0, 0.1) is 0 Å². The zero-order valence-electron chi connectivity index (χ0n) is 21.4. The van der Waals surface area contributed by atoms with E-state index in [0.717, 1.165) is 42.0 Å². The Balaban J connectivity index is 1.38. The van der Waals surface area contributed by atoms with Gasteiger partial charge in [-0.15, -0.1) is 0 Å². The molecule has 0 aliphatic rings. The number of benzene rings is 3. The lowest BCUT2D eigenvalue weighted by molar-refractivity contribution is 0.0937. The van der Waals surface area contributed by atoms with Gasteiger partial charge in [0.05, 0.1) is 23.7 Å². The Morgan fingerprint density at radius 2 is 1.78 bits per heavy atom. The van der Waals surface area contributed by atoms with Crippen molar-refractivity contribution in [1.82, 2.24) is 14.9 Å². The number of fused-ring (bicyclic) bond motifs is 1. The van der Waals surface area contributed by atoms with E-state index in [0.29, 0.717) is 17.2 Å². The Morgan fingerprint density at radius 1 is 1.03 bits per heavy atom. The van der Waals surface area contributed by atoms with Gasteiger partial charge in [0.2, 0.25) is 0 Å². The van der Waals surface area contributed by atoms with Crippen molar-refractivity contribution in [2.24, 2.45) is 0 Å². The zero-order chi connectivity index (χ0) is 25.7. The first-order valence-corrected chi connectivity index (χ1v) is 12.8. The molecule has 0 radical (unpaired) electrons. The zero-order valence-corrected chi connectivity index (χ0v) is 22.2. The maximum Gasteiger partial charge on any atom is 0.251 e. The highest BCUT2D eigenvalue weighted by Gasteiger charge is 2.19. The minimum absolute atomic E-state index is 0.133. The van der Waals surface area contributed by atoms with Crippen molar-refractivity contribution in [3.8, 4) is 5.75 Å². The molecule has 6 heteroatoms. The maximum atomic E-state index is 12.8. The Kier molecular flexibility index (Phi) is 8.00. The number of rotatable bonds is 9. The van der Waals surface area contributed by atoms with Gasteiger partial charge in [-0.1, -0.05) is 62.7 Å². The predicted octanol–water partition coefficient (Wildman–Crippen LogP) is 7.34. The Labute approximate surface area is 218 Å². The third-order valence-corrected chi connectivity index (χ3v) is 6.51. The summed E-state index contributed by atoms with van der Waals surface area (Å²) in [6, 6.07) is 23.1. The van der Waals surface area contributed by atoms with Gasteiger partial charge >= 0.3 is 0 Å². The van der Waals surface area contributed by atoms with E-state index < -0.39 is 0 Å². The highest BCUT2D eigenvalue weighted by molar-refractivity contribution is 6.30. The van der Waals surface area contributed by atoms with Crippen LogP contribution in [-0.2, 0) is 12.0 Å². The first-order valence-electron chi connectivity index (χ1n) is 12.5. The first-order chi connectivity index (χ1) is 17.2. The van der Waals surface area contributed by atoms with Crippen molar-refractivity contribution < 1.29 is 9.53 Å². The third kappa shape index (κ3) is 6.27. The number of carbonyl (C=O) groups excluding carboxylic acids is 1. The molecule has 4 rings (SSSR count). The summed E-state index contributed by atoms with van der Waals surface area (Å²) in [5, 5.41) is 3.61. The molecule has 0 saturated carbocycles. The largest absolute Gasteiger partial charge is 0.494 e. The van der Waals surface area contributed by atoms with Gasteiger partial charge in [-0.25, -0.2) is 4.98 Å². The lowest BCUT2D eigenvalue weighted by Crippen LogP contribution is -2.28. The number of imidazole rings is 1. The Bertz CT molecular complexity index is 1320. The van der Waals surface area contributed by atoms with E-state index in [-0.39, 0.29) is 17.4 Å². The monoisotopic (exact) mass is 503 g/mol. The maximum absolute atomic E-state index is 12.8. The van der Waals surface area contributed by atoms with E-state index in [9.17, 15) is 4.79 Å². The number of nitrogens with one attached hydrogen (secondary N) is 1. The second-order valence-corrected chi connectivity index (χ2v) is 10.6. The number of aromatic nitrogens is 2. The highest BCUT2D eigenvalue weighted by Crippen LogP contribution is 2.25. The van der Waals surface area contributed by atoms with E-state index in [1.807, 2.05) is 37.3 Å². The van der Waals surface area contributed by atoms with Gasteiger partial charge in [-0.05, 0) is 73.2 Å². The van der Waals surface area contributed by atoms with Gasteiger partial charge in [-0.3, -0.25) is 4.79 Å². The van der Waals surface area contributed by atoms with Gasteiger partial charge in [0.1, 0.15) is 11.6 Å². The average Bonchev–Trinajstić information content (AvgIpc) is 3.22. The molecule has 0 spiro atoms. The summed E-state index contributed by atoms with van der Waals surface area (Å²) in [5.74, 6) is 1.56. The predicted molar refractivity (Wildman–Crippen MR) is 147 cm³/mol. The van der Waals surface area contributed by atoms with Crippen LogP contribution in [0.3, 0.4) is 0 Å². The van der Waals surface area contributed by atoms with E-state index in [1.54, 1.807) is 24.3 Å². The van der Waals surface area contributed by atoms with Crippen molar-refractivity contribution in [2.45, 2.75) is 58.5 Å². The third-order valence-electron chi connectivity index (χ3n) is 6.27. The molecule has 0 aliphatic carbocycles. The van der Waals surface area contributed by atoms with Crippen molar-refractivity contribution in [1.29, 1.82) is 0 Å². The number of carbonyl (C=O) groups is 1. The molecule has 0 aliphatic heterocycles. The fourth-order valence-electron chi connectivity index (χ4n) is 4.25. The number of ether oxygens (including phenoxy) is 1. The number of hydrogen-bond donors (Lipinski definition) is 1. The van der Waals surface area contributed by atoms with Gasteiger partial charge in [0.25, 0.3) is 5.91 Å². The number of unbranched alkanes of at least 4 members (excludes halogenated alkanes) is 1. The quantitative estimate of drug-likeness (QED) is 0.243. The van der Waals surface area contributed by atoms with E-state index in [2.05, 4.69) is 48.9 Å². The van der Waals surface area contributed by atoms with Crippen molar-refractivity contribution in [2.75, 3.05) is 6.61 Å². The first kappa shape index (κ1) is 25.8. The molecule has 1 aromatic heterocycles. The molecule has 1 heterocycles. The summed E-state index contributed by atoms with van der Waals surface area (Å²) in [7, 11) is 0. The molecule has 1 N–H and O–H groups in total. The van der Waals surface area contributed by atoms with Crippen molar-refractivity contribution in [3.05, 3.63) is 94.8 Å². The standard InChI is InChI=1S/C30H34ClN3O2/c1-21(32-29(35)22-10-9-11-24(31)20-22)28-33-26-12-5-6-13-27(26)34(28)18-7-8-19-36-25-16-14-23(15-17-25)30(2,3)4/h5-6,9-17,20-21H,7-8,18-19H2,1-4H3,(H,32,35). The lowest BCUT2D eigenvalue weighted by atomic mass is 9.87. The Morgan fingerprint density at radius 3 is 2.50 bits per heavy atom. The second kappa shape index (κ2) is 11.2. The van der Waals surface area contributed by atoms with Crippen LogP contribution in [0.4, 0.5) is 0 Å². The minimum atomic E-state index is -0.263. The molecular weight excluding hydrogens is 470 g/mol. The van der Waals surface area contributed by atoms with Gasteiger partial charge < -0.3 is 14.6 Å². The van der Waals surface area contributed by atoms with E-state index >= 15 is 0 Å². The summed E-state index contributed by atoms with van der Waals surface area (Å²) < 4.78 is 8.18. The SMILES string of the molecule is CC(NC(=O)c1cccc(Cl)c1)c1nc2ccccc2n1CCCCOc1ccc(C(C)(C)C)cc1. The summed E-state index contributed by atoms with van der Waals surface area (Å²) in [6.07, 6.45) is 1.85. The fraction of sp³-hybridized carbons (Fsp3) is 0.333. The molecule has 4 aromatic rings. The lowest BCUT2D eigenvalue weighted by Gasteiger charge is -2.19. The van der Waals surface area contributed by atoms with Crippen LogP contribution in [0.25, 0.3) is 11.0 Å². The van der Waals surface area contributed by atoms with Crippen LogP contribution < -0.4 is 10.1 Å². The highest BCUT2D eigenvalue weighted by atomic mass is 35.5. The van der Waals surface area contributed by atoms with Crippen LogP contribution in [0.1, 0.15) is 68.3 Å². The molecule has 1 atom stereocenters. The van der Waals surface area contributed by atoms with Crippen LogP contribution in [0.2, 0.25) is 5.02 Å². The second-order valence-electron chi connectivity index (χ2n) is 10.1. The van der Waals surface area contributed by atoms with Gasteiger partial charge in [-0.2, -0.15) is 0 Å². The summed E-state index contributed by atoms with van der Waals surface area (Å²) in [6.45, 7) is 10.0. The fourth-order valence-corrected chi connectivity index (χ4v) is 4.44. The summed E-state index contributed by atoms with van der Waals surface area (Å²) >= 11 is 6.06. The molecule has 0 fully saturated rings. The molecule has 1 unspecified atom stereocenters. The molecule has 3 aromatic carbocycles. The number of para-hydroxylation sites is 2. The molecule has 0 bridgehead atoms. The van der Waals surface area contributed by atoms with Crippen LogP contribution >= 0.6 is 11.6 Å². The van der Waals surface area contributed by atoms with E-state index in [1.165, 1.54) is 5.56 Å². The normalized spacial score (nSPS) is 12.5. The number of aryl methyl sites for hydroxylation is 1. The van der Waals surface area contributed by atoms with E-state index in [4.69, 9.17) is 21.3 Å². The summed E-state index contributed by atoms with van der Waals surface area (Å²) in [5.41, 5.74) is 3.95. The van der Waals surface area contributed by atoms with Crippen LogP contribution in [-0.4, -0.2) is 22.1 Å². The number of halogens is 1. The van der Waals surface area contributed by atoms with Crippen molar-refractivity contribution >= 4 is 28.5 Å². The number of amides is 1. The smallest absolute Gasteiger partial charge is 0.251 e. The van der Waals surface area contributed by atoms with Crippen molar-refractivity contribution in [3.63, 3.8) is 0 Å². The minimum Gasteiger partial charge on any atom is -0.494 e. The number of nitrogens with zero attached hydrogens (tertiary/aromatic N) is 2. The summed E-state index contributed by atoms with van der Waals surface area (Å²) in [4.78, 5) is 17.6. The van der Waals surface area contributed by atoms with Gasteiger partial charge in [0, 0.05) is 17.1 Å². The van der Waals surface area contributed by atoms with Gasteiger partial charge in [0.15, 0.2) is 0 Å². The molecule has 5 nitrogen and oxygen atoms in total. The van der Waals surface area contributed by atoms with Crippen LogP contribution in [0.15, 0.2) is 72.8 Å². The number of hydrogen-bond acceptors (Lipinski definition) is 3. The van der Waals surface area contributed by atoms with Crippen LogP contribution in [0.5, 0.6) is 5.75 Å². The molecule has 1 amide bonds. The molecule has 188 valence electrons. The Hall–Kier alpha value is -3.31. The average molecular weight is 504 g/mol. The molecule has 36 heavy (non-hydrogen) atoms.